The molecule has 0 saturated carbocycles. The van der Waals surface area contributed by atoms with E-state index < -0.39 is 11.9 Å². The molecule has 1 aromatic carbocycles. The van der Waals surface area contributed by atoms with Crippen molar-refractivity contribution in [2.45, 2.75) is 32.6 Å². The van der Waals surface area contributed by atoms with Crippen molar-refractivity contribution in [2.75, 3.05) is 6.61 Å². The monoisotopic (exact) mass is 313 g/mol. The number of ether oxygens (including phenoxy) is 1. The van der Waals surface area contributed by atoms with E-state index in [9.17, 15) is 10.1 Å². The van der Waals surface area contributed by atoms with E-state index in [-0.39, 0.29) is 5.76 Å². The molecule has 5 nitrogen and oxygen atoms in total. The maximum Gasteiger partial charge on any atom is 0.371 e. The van der Waals surface area contributed by atoms with Crippen molar-refractivity contribution >= 4 is 5.97 Å². The lowest BCUT2D eigenvalue weighted by Gasteiger charge is -2.11. The van der Waals surface area contributed by atoms with Gasteiger partial charge in [0, 0.05) is 0 Å². The minimum atomic E-state index is -1.13. The van der Waals surface area contributed by atoms with E-state index in [0.29, 0.717) is 25.2 Å². The molecule has 0 aliphatic heterocycles. The van der Waals surface area contributed by atoms with Crippen molar-refractivity contribution in [1.82, 2.24) is 0 Å². The zero-order chi connectivity index (χ0) is 16.8. The van der Waals surface area contributed by atoms with Crippen LogP contribution in [0, 0.1) is 25.2 Å². The van der Waals surface area contributed by atoms with E-state index in [1.54, 1.807) is 6.07 Å². The van der Waals surface area contributed by atoms with Crippen molar-refractivity contribution in [3.63, 3.8) is 0 Å². The van der Waals surface area contributed by atoms with Gasteiger partial charge in [-0.25, -0.2) is 4.79 Å². The van der Waals surface area contributed by atoms with Gasteiger partial charge in [-0.15, -0.1) is 0 Å². The minimum Gasteiger partial charge on any atom is -0.493 e. The molecule has 0 aliphatic carbocycles. The predicted molar refractivity (Wildman–Crippen MR) is 84.7 cm³/mol. The number of nitriles is 1. The maximum absolute atomic E-state index is 10.8. The van der Waals surface area contributed by atoms with Crippen LogP contribution in [-0.4, -0.2) is 17.7 Å². The van der Waals surface area contributed by atoms with E-state index in [1.807, 2.05) is 32.0 Å². The van der Waals surface area contributed by atoms with Crippen LogP contribution in [0.5, 0.6) is 5.75 Å². The molecule has 1 heterocycles. The van der Waals surface area contributed by atoms with Gasteiger partial charge in [-0.3, -0.25) is 0 Å². The standard InChI is InChI=1S/C18H19NO4/c1-12-5-3-7-15(13(12)2)22-10-4-6-14(11-19)16-8-9-17(23-16)18(20)21/h3,5,7-9,14H,4,6,10H2,1-2H3,(H,20,21). The number of furan rings is 1. The number of benzene rings is 1. The predicted octanol–water partition coefficient (Wildman–Crippen LogP) is 4.06. The zero-order valence-electron chi connectivity index (χ0n) is 13.2. The number of nitrogens with zero attached hydrogens (tertiary/aromatic N) is 1. The molecule has 0 fully saturated rings. The molecule has 1 atom stereocenters. The lowest BCUT2D eigenvalue weighted by molar-refractivity contribution is 0.0660. The summed E-state index contributed by atoms with van der Waals surface area (Å²) in [6.07, 6.45) is 1.22. The van der Waals surface area contributed by atoms with Crippen LogP contribution in [0.15, 0.2) is 34.7 Å². The lowest BCUT2D eigenvalue weighted by Crippen LogP contribution is -2.03. The molecule has 5 heteroatoms. The van der Waals surface area contributed by atoms with E-state index in [2.05, 4.69) is 6.07 Å². The Morgan fingerprint density at radius 1 is 1.35 bits per heavy atom. The topological polar surface area (TPSA) is 83.5 Å². The number of aromatic carboxylic acids is 1. The first kappa shape index (κ1) is 16.6. The fourth-order valence-corrected chi connectivity index (χ4v) is 2.28. The molecule has 2 aromatic rings. The molecule has 0 amide bonds. The van der Waals surface area contributed by atoms with Crippen LogP contribution in [0.4, 0.5) is 0 Å². The molecule has 23 heavy (non-hydrogen) atoms. The Kier molecular flexibility index (Phi) is 5.42. The number of carbonyl (C=O) groups is 1. The van der Waals surface area contributed by atoms with Crippen molar-refractivity contribution in [2.24, 2.45) is 0 Å². The fourth-order valence-electron chi connectivity index (χ4n) is 2.28. The summed E-state index contributed by atoms with van der Waals surface area (Å²) in [5.41, 5.74) is 2.29. The summed E-state index contributed by atoms with van der Waals surface area (Å²) in [7, 11) is 0. The molecule has 120 valence electrons. The van der Waals surface area contributed by atoms with Gasteiger partial charge in [0.25, 0.3) is 0 Å². The van der Waals surface area contributed by atoms with Crippen LogP contribution >= 0.6 is 0 Å². The van der Waals surface area contributed by atoms with Gasteiger partial charge in [-0.2, -0.15) is 5.26 Å². The first-order valence-electron chi connectivity index (χ1n) is 7.44. The number of hydrogen-bond donors (Lipinski definition) is 1. The summed E-state index contributed by atoms with van der Waals surface area (Å²) >= 11 is 0. The number of aryl methyl sites for hydroxylation is 1. The first-order valence-corrected chi connectivity index (χ1v) is 7.44. The summed E-state index contributed by atoms with van der Waals surface area (Å²) in [6, 6.07) is 11.0. The van der Waals surface area contributed by atoms with Gasteiger partial charge in [-0.1, -0.05) is 12.1 Å². The second-order valence-corrected chi connectivity index (χ2v) is 5.38. The Morgan fingerprint density at radius 3 is 2.78 bits per heavy atom. The third kappa shape index (κ3) is 4.13. The van der Waals surface area contributed by atoms with Gasteiger partial charge in [0.15, 0.2) is 0 Å². The minimum absolute atomic E-state index is 0.146. The van der Waals surface area contributed by atoms with Crippen LogP contribution in [0.25, 0.3) is 0 Å². The molecule has 2 rings (SSSR count). The van der Waals surface area contributed by atoms with Crippen molar-refractivity contribution in [1.29, 1.82) is 5.26 Å². The van der Waals surface area contributed by atoms with Crippen LogP contribution in [0.2, 0.25) is 0 Å². The molecule has 0 saturated heterocycles. The third-order valence-corrected chi connectivity index (χ3v) is 3.79. The van der Waals surface area contributed by atoms with E-state index >= 15 is 0 Å². The molecule has 1 N–H and O–H groups in total. The largest absolute Gasteiger partial charge is 0.493 e. The SMILES string of the molecule is Cc1cccc(OCCCC(C#N)c2ccc(C(=O)O)o2)c1C. The van der Waals surface area contributed by atoms with Crippen LogP contribution in [-0.2, 0) is 0 Å². The average Bonchev–Trinajstić information content (AvgIpc) is 3.01. The summed E-state index contributed by atoms with van der Waals surface area (Å²) < 4.78 is 10.9. The molecule has 1 aromatic heterocycles. The molecule has 1 unspecified atom stereocenters. The highest BCUT2D eigenvalue weighted by Crippen LogP contribution is 2.24. The highest BCUT2D eigenvalue weighted by molar-refractivity contribution is 5.84. The highest BCUT2D eigenvalue weighted by atomic mass is 16.5. The second-order valence-electron chi connectivity index (χ2n) is 5.38. The van der Waals surface area contributed by atoms with Gasteiger partial charge >= 0.3 is 5.97 Å². The number of carboxylic acid groups (broad SMARTS) is 1. The molecule has 0 radical (unpaired) electrons. The third-order valence-electron chi connectivity index (χ3n) is 3.79. The Balaban J connectivity index is 1.87. The Bertz CT molecular complexity index is 727. The average molecular weight is 313 g/mol. The summed E-state index contributed by atoms with van der Waals surface area (Å²) in [6.45, 7) is 4.54. The maximum atomic E-state index is 10.8. The normalized spacial score (nSPS) is 11.7. The smallest absolute Gasteiger partial charge is 0.371 e. The van der Waals surface area contributed by atoms with Gasteiger partial charge < -0.3 is 14.3 Å². The fraction of sp³-hybridized carbons (Fsp3) is 0.333. The zero-order valence-corrected chi connectivity index (χ0v) is 13.2. The highest BCUT2D eigenvalue weighted by Gasteiger charge is 2.17. The van der Waals surface area contributed by atoms with E-state index in [0.717, 1.165) is 11.3 Å². The summed E-state index contributed by atoms with van der Waals surface area (Å²) in [4.78, 5) is 10.8. The second kappa shape index (κ2) is 7.50. The lowest BCUT2D eigenvalue weighted by atomic mass is 10.0. The number of carboxylic acids is 1. The number of rotatable bonds is 7. The van der Waals surface area contributed by atoms with Gasteiger partial charge in [0.2, 0.25) is 5.76 Å². The van der Waals surface area contributed by atoms with E-state index in [4.69, 9.17) is 14.3 Å². The van der Waals surface area contributed by atoms with Crippen molar-refractivity contribution in [3.8, 4) is 11.8 Å². The Morgan fingerprint density at radius 2 is 2.13 bits per heavy atom. The van der Waals surface area contributed by atoms with E-state index in [1.165, 1.54) is 11.6 Å². The summed E-state index contributed by atoms with van der Waals surface area (Å²) in [5, 5.41) is 18.1. The summed E-state index contributed by atoms with van der Waals surface area (Å²) in [5.74, 6) is -0.510. The van der Waals surface area contributed by atoms with Gasteiger partial charge in [-0.05, 0) is 56.0 Å². The van der Waals surface area contributed by atoms with Crippen molar-refractivity contribution in [3.05, 3.63) is 53.0 Å². The molecule has 0 aliphatic rings. The molecular weight excluding hydrogens is 294 g/mol. The van der Waals surface area contributed by atoms with Crippen LogP contribution < -0.4 is 4.74 Å². The molecular formula is C18H19NO4. The number of hydrogen-bond acceptors (Lipinski definition) is 4. The first-order chi connectivity index (χ1) is 11.0. The Labute approximate surface area is 135 Å². The van der Waals surface area contributed by atoms with Crippen molar-refractivity contribution < 1.29 is 19.1 Å². The van der Waals surface area contributed by atoms with Crippen LogP contribution in [0.3, 0.4) is 0 Å². The Hall–Kier alpha value is -2.74. The van der Waals surface area contributed by atoms with Gasteiger partial charge in [0.05, 0.1) is 12.7 Å². The van der Waals surface area contributed by atoms with Crippen LogP contribution in [0.1, 0.15) is 46.2 Å². The molecule has 0 bridgehead atoms. The quantitative estimate of drug-likeness (QED) is 0.779. The van der Waals surface area contributed by atoms with Gasteiger partial charge in [0.1, 0.15) is 17.4 Å². The molecule has 0 spiro atoms.